The maximum Gasteiger partial charge on any atom is 0.325 e. The van der Waals surface area contributed by atoms with E-state index in [1.54, 1.807) is 0 Å². The number of nitrogens with two attached hydrogens (primary N) is 1. The molecule has 3 N–H and O–H groups in total. The fourth-order valence-electron chi connectivity index (χ4n) is 1.28. The minimum absolute atomic E-state index is 0.0146. The van der Waals surface area contributed by atoms with Crippen LogP contribution in [0.15, 0.2) is 18.2 Å². The number of hydrogen-bond acceptors (Lipinski definition) is 5. The molecule has 16 heavy (non-hydrogen) atoms. The normalized spacial score (nSPS) is 11.9. The van der Waals surface area contributed by atoms with Gasteiger partial charge in [0, 0.05) is 0 Å². The van der Waals surface area contributed by atoms with E-state index < -0.39 is 22.6 Å². The van der Waals surface area contributed by atoms with Crippen molar-refractivity contribution >= 4 is 11.7 Å². The van der Waals surface area contributed by atoms with E-state index in [2.05, 4.69) is 0 Å². The number of para-hydroxylation sites is 1. The number of methoxy groups -OCH3 is 1. The standard InChI is InChI=1S/C9H10N2O5/c1-16-6-4-2-3-5(7(10)9(12)13)8(6)11(14)15/h2-4,7H,10H2,1H3,(H,12,13). The molecule has 0 aromatic heterocycles. The smallest absolute Gasteiger partial charge is 0.325 e. The molecule has 0 heterocycles. The van der Waals surface area contributed by atoms with Crippen molar-refractivity contribution in [3.05, 3.63) is 33.9 Å². The Hall–Kier alpha value is -2.15. The number of rotatable bonds is 4. The predicted octanol–water partition coefficient (Wildman–Crippen LogP) is 0.688. The van der Waals surface area contributed by atoms with Crippen LogP contribution in [0.2, 0.25) is 0 Å². The minimum Gasteiger partial charge on any atom is -0.490 e. The Bertz CT molecular complexity index is 432. The third kappa shape index (κ3) is 2.09. The highest BCUT2D eigenvalue weighted by atomic mass is 16.6. The van der Waals surface area contributed by atoms with Gasteiger partial charge in [-0.2, -0.15) is 0 Å². The average molecular weight is 226 g/mol. The third-order valence-electron chi connectivity index (χ3n) is 2.03. The van der Waals surface area contributed by atoms with Gasteiger partial charge >= 0.3 is 11.7 Å². The second kappa shape index (κ2) is 4.58. The summed E-state index contributed by atoms with van der Waals surface area (Å²) >= 11 is 0. The molecule has 1 aromatic carbocycles. The van der Waals surface area contributed by atoms with Crippen LogP contribution in [0.4, 0.5) is 5.69 Å². The van der Waals surface area contributed by atoms with Gasteiger partial charge < -0.3 is 15.6 Å². The van der Waals surface area contributed by atoms with Crippen LogP contribution in [0.5, 0.6) is 5.75 Å². The molecular formula is C9H10N2O5. The van der Waals surface area contributed by atoms with Crippen molar-refractivity contribution in [3.8, 4) is 5.75 Å². The van der Waals surface area contributed by atoms with Crippen molar-refractivity contribution in [2.45, 2.75) is 6.04 Å². The molecule has 86 valence electrons. The van der Waals surface area contributed by atoms with Crippen LogP contribution in [0.1, 0.15) is 11.6 Å². The lowest BCUT2D eigenvalue weighted by molar-refractivity contribution is -0.386. The first-order valence-corrected chi connectivity index (χ1v) is 4.28. The van der Waals surface area contributed by atoms with Crippen molar-refractivity contribution in [3.63, 3.8) is 0 Å². The zero-order valence-electron chi connectivity index (χ0n) is 8.41. The number of nitro benzene ring substituents is 1. The Balaban J connectivity index is 3.38. The van der Waals surface area contributed by atoms with Gasteiger partial charge in [-0.3, -0.25) is 14.9 Å². The summed E-state index contributed by atoms with van der Waals surface area (Å²) in [6.07, 6.45) is 0. The molecule has 0 radical (unpaired) electrons. The topological polar surface area (TPSA) is 116 Å². The molecule has 1 rings (SSSR count). The Kier molecular flexibility index (Phi) is 3.41. The zero-order chi connectivity index (χ0) is 12.3. The lowest BCUT2D eigenvalue weighted by Gasteiger charge is -2.09. The van der Waals surface area contributed by atoms with Crippen LogP contribution in [0.3, 0.4) is 0 Å². The maximum atomic E-state index is 10.8. The maximum absolute atomic E-state index is 10.8. The molecule has 0 saturated carbocycles. The van der Waals surface area contributed by atoms with E-state index in [0.29, 0.717) is 0 Å². The van der Waals surface area contributed by atoms with Gasteiger partial charge in [-0.15, -0.1) is 0 Å². The van der Waals surface area contributed by atoms with Gasteiger partial charge in [0.1, 0.15) is 6.04 Å². The molecule has 0 aliphatic heterocycles. The van der Waals surface area contributed by atoms with E-state index in [9.17, 15) is 14.9 Å². The molecule has 0 fully saturated rings. The number of nitro groups is 1. The van der Waals surface area contributed by atoms with Crippen LogP contribution >= 0.6 is 0 Å². The van der Waals surface area contributed by atoms with Crippen LogP contribution < -0.4 is 10.5 Å². The second-order valence-corrected chi connectivity index (χ2v) is 2.97. The molecule has 0 aliphatic carbocycles. The summed E-state index contributed by atoms with van der Waals surface area (Å²) in [5.74, 6) is -1.35. The molecule has 1 atom stereocenters. The highest BCUT2D eigenvalue weighted by Crippen LogP contribution is 2.33. The van der Waals surface area contributed by atoms with E-state index in [0.717, 1.165) is 0 Å². The minimum atomic E-state index is -1.45. The van der Waals surface area contributed by atoms with E-state index in [4.69, 9.17) is 15.6 Å². The van der Waals surface area contributed by atoms with Crippen molar-refractivity contribution in [2.75, 3.05) is 7.11 Å². The molecule has 0 amide bonds. The van der Waals surface area contributed by atoms with Crippen molar-refractivity contribution < 1.29 is 19.6 Å². The Morgan fingerprint density at radius 1 is 1.62 bits per heavy atom. The van der Waals surface area contributed by atoms with Gasteiger partial charge in [-0.1, -0.05) is 6.07 Å². The second-order valence-electron chi connectivity index (χ2n) is 2.97. The monoisotopic (exact) mass is 226 g/mol. The molecule has 7 heteroatoms. The number of carboxylic acid groups (broad SMARTS) is 1. The number of carboxylic acids is 1. The van der Waals surface area contributed by atoms with Gasteiger partial charge in [-0.05, 0) is 12.1 Å². The summed E-state index contributed by atoms with van der Waals surface area (Å²) in [5, 5.41) is 19.5. The van der Waals surface area contributed by atoms with Crippen molar-refractivity contribution in [1.29, 1.82) is 0 Å². The molecule has 1 aromatic rings. The summed E-state index contributed by atoms with van der Waals surface area (Å²) in [5.41, 5.74) is 4.84. The Morgan fingerprint density at radius 3 is 2.69 bits per heavy atom. The Labute approximate surface area is 90.6 Å². The fraction of sp³-hybridized carbons (Fsp3) is 0.222. The number of ether oxygens (including phenoxy) is 1. The van der Waals surface area contributed by atoms with E-state index >= 15 is 0 Å². The number of aliphatic carboxylic acids is 1. The summed E-state index contributed by atoms with van der Waals surface area (Å²) in [7, 11) is 1.26. The molecule has 0 saturated heterocycles. The van der Waals surface area contributed by atoms with Crippen LogP contribution in [-0.2, 0) is 4.79 Å². The van der Waals surface area contributed by atoms with Gasteiger partial charge in [0.25, 0.3) is 0 Å². The highest BCUT2D eigenvalue weighted by Gasteiger charge is 2.27. The van der Waals surface area contributed by atoms with Gasteiger partial charge in [0.2, 0.25) is 0 Å². The van der Waals surface area contributed by atoms with Crippen LogP contribution in [0.25, 0.3) is 0 Å². The van der Waals surface area contributed by atoms with Gasteiger partial charge in [0.15, 0.2) is 5.75 Å². The molecular weight excluding hydrogens is 216 g/mol. The summed E-state index contributed by atoms with van der Waals surface area (Å²) in [4.78, 5) is 20.8. The zero-order valence-corrected chi connectivity index (χ0v) is 8.41. The van der Waals surface area contributed by atoms with Crippen LogP contribution in [0, 0.1) is 10.1 Å². The molecule has 0 bridgehead atoms. The fourth-order valence-corrected chi connectivity index (χ4v) is 1.28. The van der Waals surface area contributed by atoms with E-state index in [1.807, 2.05) is 0 Å². The Morgan fingerprint density at radius 2 is 2.25 bits per heavy atom. The summed E-state index contributed by atoms with van der Waals surface area (Å²) in [6.45, 7) is 0. The van der Waals surface area contributed by atoms with Gasteiger partial charge in [-0.25, -0.2) is 0 Å². The molecule has 0 spiro atoms. The first-order chi connectivity index (χ1) is 7.49. The molecule has 7 nitrogen and oxygen atoms in total. The molecule has 0 aliphatic rings. The average Bonchev–Trinajstić information content (AvgIpc) is 2.26. The highest BCUT2D eigenvalue weighted by molar-refractivity contribution is 5.78. The number of hydrogen-bond donors (Lipinski definition) is 2. The lowest BCUT2D eigenvalue weighted by Crippen LogP contribution is -2.21. The lowest BCUT2D eigenvalue weighted by atomic mass is 10.1. The number of benzene rings is 1. The first kappa shape index (κ1) is 11.9. The first-order valence-electron chi connectivity index (χ1n) is 4.28. The number of carbonyl (C=O) groups is 1. The molecule has 1 unspecified atom stereocenters. The quantitative estimate of drug-likeness (QED) is 0.576. The summed E-state index contributed by atoms with van der Waals surface area (Å²) in [6, 6.07) is 2.66. The third-order valence-corrected chi connectivity index (χ3v) is 2.03. The predicted molar refractivity (Wildman–Crippen MR) is 54.2 cm³/mol. The summed E-state index contributed by atoms with van der Waals surface area (Å²) < 4.78 is 4.79. The van der Waals surface area contributed by atoms with Crippen molar-refractivity contribution in [2.24, 2.45) is 5.73 Å². The SMILES string of the molecule is COc1cccc(C(N)C(=O)O)c1[N+](=O)[O-]. The van der Waals surface area contributed by atoms with E-state index in [-0.39, 0.29) is 11.3 Å². The van der Waals surface area contributed by atoms with Crippen molar-refractivity contribution in [1.82, 2.24) is 0 Å². The van der Waals surface area contributed by atoms with E-state index in [1.165, 1.54) is 25.3 Å². The van der Waals surface area contributed by atoms with Gasteiger partial charge in [0.05, 0.1) is 17.6 Å². The largest absolute Gasteiger partial charge is 0.490 e. The number of nitrogens with zero attached hydrogens (tertiary/aromatic N) is 1. The van der Waals surface area contributed by atoms with Crippen LogP contribution in [-0.4, -0.2) is 23.1 Å².